The maximum absolute atomic E-state index is 12.5. The Hall–Kier alpha value is -3.54. The number of hydrogen-bond acceptors (Lipinski definition) is 3. The molecule has 2 heterocycles. The van der Waals surface area contributed by atoms with Gasteiger partial charge in [-0.15, -0.1) is 0 Å². The first-order valence-corrected chi connectivity index (χ1v) is 9.60. The number of benzene rings is 2. The van der Waals surface area contributed by atoms with Gasteiger partial charge in [0.05, 0.1) is 0 Å². The minimum Gasteiger partial charge on any atom is -0.484 e. The van der Waals surface area contributed by atoms with Crippen LogP contribution in [0.15, 0.2) is 60.7 Å². The van der Waals surface area contributed by atoms with Gasteiger partial charge in [0.1, 0.15) is 5.75 Å². The predicted octanol–water partition coefficient (Wildman–Crippen LogP) is 3.46. The molecule has 0 atom stereocenters. The molecule has 0 spiro atoms. The monoisotopic (exact) mass is 389 g/mol. The van der Waals surface area contributed by atoms with Crippen molar-refractivity contribution < 1.29 is 14.3 Å². The van der Waals surface area contributed by atoms with Crippen LogP contribution in [0.2, 0.25) is 0 Å². The normalized spacial score (nSPS) is 12.6. The smallest absolute Gasteiger partial charge is 0.270 e. The Bertz CT molecular complexity index is 1030. The summed E-state index contributed by atoms with van der Waals surface area (Å²) in [4.78, 5) is 26.7. The van der Waals surface area contributed by atoms with E-state index in [0.29, 0.717) is 17.9 Å². The van der Waals surface area contributed by atoms with E-state index in [1.165, 1.54) is 5.56 Å². The maximum Gasteiger partial charge on any atom is 0.270 e. The Balaban J connectivity index is 1.35. The first kappa shape index (κ1) is 18.8. The van der Waals surface area contributed by atoms with Gasteiger partial charge in [-0.1, -0.05) is 18.2 Å². The van der Waals surface area contributed by atoms with E-state index in [2.05, 4.69) is 5.43 Å². The molecular weight excluding hydrogens is 366 g/mol. The summed E-state index contributed by atoms with van der Waals surface area (Å²) in [6.07, 6.45) is 0.867. The van der Waals surface area contributed by atoms with Crippen LogP contribution in [0.5, 0.6) is 5.75 Å². The minimum absolute atomic E-state index is 0.0400. The second-order valence-electron chi connectivity index (χ2n) is 7.13. The summed E-state index contributed by atoms with van der Waals surface area (Å²) in [5.41, 5.74) is 7.44. The van der Waals surface area contributed by atoms with Crippen LogP contribution in [0.25, 0.3) is 0 Å². The summed E-state index contributed by atoms with van der Waals surface area (Å²) >= 11 is 0. The molecular formula is C23H23N3O3. The summed E-state index contributed by atoms with van der Waals surface area (Å²) in [5.74, 6) is 0.273. The number of amides is 2. The number of fused-ring (bicyclic) bond motifs is 1. The van der Waals surface area contributed by atoms with Crippen LogP contribution in [0, 0.1) is 13.8 Å². The van der Waals surface area contributed by atoms with Crippen molar-refractivity contribution in [3.63, 3.8) is 0 Å². The number of aryl methyl sites for hydroxylation is 2. The van der Waals surface area contributed by atoms with Crippen LogP contribution >= 0.6 is 0 Å². The third kappa shape index (κ3) is 3.87. The molecule has 3 aromatic rings. The molecule has 0 saturated heterocycles. The molecule has 0 radical (unpaired) electrons. The van der Waals surface area contributed by atoms with Crippen LogP contribution in [-0.4, -0.2) is 29.6 Å². The number of carbonyl (C=O) groups excluding carboxylic acids is 2. The van der Waals surface area contributed by atoms with Crippen molar-refractivity contribution in [3.8, 4) is 5.75 Å². The highest BCUT2D eigenvalue weighted by Gasteiger charge is 2.24. The van der Waals surface area contributed by atoms with Crippen molar-refractivity contribution in [1.29, 1.82) is 0 Å². The zero-order chi connectivity index (χ0) is 20.4. The number of hydrogen-bond donors (Lipinski definition) is 1. The number of aromatic nitrogens is 1. The van der Waals surface area contributed by atoms with Crippen molar-refractivity contribution in [1.82, 2.24) is 4.68 Å². The standard InChI is InChI=1S/C23H23N3O3/c1-16-7-8-17(2)26(16)24-23(28)19-9-11-20(12-10-19)29-15-22(27)25-14-13-18-5-3-4-6-21(18)25/h3-12H,13-15H2,1-2H3,(H,24,28). The van der Waals surface area contributed by atoms with Crippen LogP contribution in [-0.2, 0) is 11.2 Å². The largest absolute Gasteiger partial charge is 0.484 e. The van der Waals surface area contributed by atoms with Crippen LogP contribution in [0.3, 0.4) is 0 Å². The number of carbonyl (C=O) groups is 2. The summed E-state index contributed by atoms with van der Waals surface area (Å²) < 4.78 is 7.40. The fourth-order valence-electron chi connectivity index (χ4n) is 3.53. The molecule has 2 aromatic carbocycles. The summed E-state index contributed by atoms with van der Waals surface area (Å²) in [6, 6.07) is 18.6. The molecule has 29 heavy (non-hydrogen) atoms. The van der Waals surface area contributed by atoms with Gasteiger partial charge >= 0.3 is 0 Å². The van der Waals surface area contributed by atoms with E-state index >= 15 is 0 Å². The molecule has 6 heteroatoms. The van der Waals surface area contributed by atoms with Gasteiger partial charge in [0.25, 0.3) is 11.8 Å². The SMILES string of the molecule is Cc1ccc(C)n1NC(=O)c1ccc(OCC(=O)N2CCc3ccccc32)cc1. The van der Waals surface area contributed by atoms with Gasteiger partial charge < -0.3 is 9.64 Å². The van der Waals surface area contributed by atoms with Crippen LogP contribution in [0.4, 0.5) is 5.69 Å². The Morgan fingerprint density at radius 3 is 2.38 bits per heavy atom. The maximum atomic E-state index is 12.5. The predicted molar refractivity (Wildman–Crippen MR) is 112 cm³/mol. The van der Waals surface area contributed by atoms with E-state index in [4.69, 9.17) is 4.74 Å². The lowest BCUT2D eigenvalue weighted by Gasteiger charge is -2.17. The molecule has 1 aromatic heterocycles. The molecule has 0 saturated carbocycles. The van der Waals surface area contributed by atoms with Crippen molar-refractivity contribution in [2.75, 3.05) is 23.5 Å². The number of ether oxygens (including phenoxy) is 1. The Kier molecular flexibility index (Phi) is 5.08. The number of para-hydroxylation sites is 1. The van der Waals surface area contributed by atoms with Crippen molar-refractivity contribution in [3.05, 3.63) is 83.2 Å². The van der Waals surface area contributed by atoms with Gasteiger partial charge in [-0.3, -0.25) is 19.7 Å². The lowest BCUT2D eigenvalue weighted by molar-refractivity contribution is -0.120. The first-order chi connectivity index (χ1) is 14.0. The minimum atomic E-state index is -0.205. The highest BCUT2D eigenvalue weighted by atomic mass is 16.5. The average molecular weight is 389 g/mol. The summed E-state index contributed by atoms with van der Waals surface area (Å²) in [5, 5.41) is 0. The lowest BCUT2D eigenvalue weighted by Crippen LogP contribution is -2.33. The molecule has 0 aliphatic carbocycles. The first-order valence-electron chi connectivity index (χ1n) is 9.60. The van der Waals surface area contributed by atoms with Crippen molar-refractivity contribution >= 4 is 17.5 Å². The van der Waals surface area contributed by atoms with Crippen molar-refractivity contribution in [2.45, 2.75) is 20.3 Å². The highest BCUT2D eigenvalue weighted by molar-refractivity contribution is 6.00. The molecule has 1 aliphatic rings. The van der Waals surface area contributed by atoms with E-state index in [9.17, 15) is 9.59 Å². The van der Waals surface area contributed by atoms with E-state index in [1.807, 2.05) is 50.2 Å². The topological polar surface area (TPSA) is 63.6 Å². The molecule has 4 rings (SSSR count). The van der Waals surface area contributed by atoms with Crippen molar-refractivity contribution in [2.24, 2.45) is 0 Å². The average Bonchev–Trinajstić information content (AvgIpc) is 3.31. The number of rotatable bonds is 5. The molecule has 1 N–H and O–H groups in total. The summed E-state index contributed by atoms with van der Waals surface area (Å²) in [6.45, 7) is 4.50. The Morgan fingerprint density at radius 2 is 1.66 bits per heavy atom. The molecule has 2 amide bonds. The zero-order valence-corrected chi connectivity index (χ0v) is 16.5. The van der Waals surface area contributed by atoms with Gasteiger partial charge in [-0.25, -0.2) is 0 Å². The van der Waals surface area contributed by atoms with Gasteiger partial charge in [-0.05, 0) is 68.3 Å². The fourth-order valence-corrected chi connectivity index (χ4v) is 3.53. The van der Waals surface area contributed by atoms with E-state index in [1.54, 1.807) is 33.8 Å². The quantitative estimate of drug-likeness (QED) is 0.727. The van der Waals surface area contributed by atoms with Crippen LogP contribution in [0.1, 0.15) is 27.3 Å². The fraction of sp³-hybridized carbons (Fsp3) is 0.217. The van der Waals surface area contributed by atoms with Gasteiger partial charge in [-0.2, -0.15) is 0 Å². The van der Waals surface area contributed by atoms with Crippen LogP contribution < -0.4 is 15.1 Å². The number of nitrogens with one attached hydrogen (secondary N) is 1. The Morgan fingerprint density at radius 1 is 0.966 bits per heavy atom. The molecule has 0 fully saturated rings. The summed E-state index contributed by atoms with van der Waals surface area (Å²) in [7, 11) is 0. The van der Waals surface area contributed by atoms with E-state index < -0.39 is 0 Å². The third-order valence-electron chi connectivity index (χ3n) is 5.15. The van der Waals surface area contributed by atoms with Gasteiger partial charge in [0.2, 0.25) is 0 Å². The molecule has 6 nitrogen and oxygen atoms in total. The molecule has 0 unspecified atom stereocenters. The van der Waals surface area contributed by atoms with Gasteiger partial charge in [0, 0.05) is 29.2 Å². The number of nitrogens with zero attached hydrogens (tertiary/aromatic N) is 2. The molecule has 148 valence electrons. The Labute approximate surface area is 169 Å². The zero-order valence-electron chi connectivity index (χ0n) is 16.5. The highest BCUT2D eigenvalue weighted by Crippen LogP contribution is 2.27. The van der Waals surface area contributed by atoms with E-state index in [0.717, 1.165) is 23.5 Å². The number of anilines is 1. The van der Waals surface area contributed by atoms with E-state index in [-0.39, 0.29) is 18.4 Å². The third-order valence-corrected chi connectivity index (χ3v) is 5.15. The lowest BCUT2D eigenvalue weighted by atomic mass is 10.2. The molecule has 1 aliphatic heterocycles. The van der Waals surface area contributed by atoms with Gasteiger partial charge in [0.15, 0.2) is 6.61 Å². The second-order valence-corrected chi connectivity index (χ2v) is 7.13. The molecule has 0 bridgehead atoms. The second kappa shape index (κ2) is 7.83.